The summed E-state index contributed by atoms with van der Waals surface area (Å²) >= 11 is 0. The number of amides is 2. The van der Waals surface area contributed by atoms with E-state index in [0.717, 1.165) is 35.7 Å². The molecule has 1 atom stereocenters. The number of anilines is 1. The number of nitrogens with one attached hydrogen (secondary N) is 3. The monoisotopic (exact) mass is 399 g/mol. The highest BCUT2D eigenvalue weighted by Crippen LogP contribution is 2.25. The van der Waals surface area contributed by atoms with Gasteiger partial charge in [0.25, 0.3) is 11.8 Å². The van der Waals surface area contributed by atoms with Crippen LogP contribution in [0.5, 0.6) is 0 Å². The highest BCUT2D eigenvalue weighted by atomic mass is 16.2. The van der Waals surface area contributed by atoms with Gasteiger partial charge in [0.2, 0.25) is 5.82 Å². The first-order valence-corrected chi connectivity index (χ1v) is 9.78. The standard InChI is InChI=1S/C20H29N7O2/c1-11-12(2)24-16(19(29)21-6)26-17(11)27-8-7-13(9-27)25-18(28)14-15(20(3,4)5)23-10-22-14/h10,13H,7-9H2,1-6H3,(H,21,29)(H,22,23)(H,25,28)/t13-/m1/s1. The molecule has 0 aromatic carbocycles. The lowest BCUT2D eigenvalue weighted by Crippen LogP contribution is -2.38. The van der Waals surface area contributed by atoms with Crippen LogP contribution < -0.4 is 15.5 Å². The molecular weight excluding hydrogens is 370 g/mol. The first kappa shape index (κ1) is 20.8. The fourth-order valence-corrected chi connectivity index (χ4v) is 3.50. The van der Waals surface area contributed by atoms with Gasteiger partial charge in [-0.2, -0.15) is 0 Å². The Morgan fingerprint density at radius 3 is 2.59 bits per heavy atom. The summed E-state index contributed by atoms with van der Waals surface area (Å²) in [6, 6.07) is -0.0230. The van der Waals surface area contributed by atoms with Gasteiger partial charge in [0.15, 0.2) is 0 Å². The number of aryl methyl sites for hydroxylation is 1. The van der Waals surface area contributed by atoms with Crippen molar-refractivity contribution in [1.29, 1.82) is 0 Å². The number of hydrogen-bond donors (Lipinski definition) is 3. The van der Waals surface area contributed by atoms with Crippen molar-refractivity contribution < 1.29 is 9.59 Å². The number of carbonyl (C=O) groups is 2. The number of aromatic amines is 1. The van der Waals surface area contributed by atoms with Gasteiger partial charge < -0.3 is 20.5 Å². The van der Waals surface area contributed by atoms with Crippen molar-refractivity contribution >= 4 is 17.6 Å². The van der Waals surface area contributed by atoms with Gasteiger partial charge in [-0.3, -0.25) is 9.59 Å². The molecule has 9 nitrogen and oxygen atoms in total. The number of imidazole rings is 1. The van der Waals surface area contributed by atoms with E-state index in [4.69, 9.17) is 0 Å². The molecule has 1 aliphatic rings. The Kier molecular flexibility index (Phi) is 5.59. The van der Waals surface area contributed by atoms with Gasteiger partial charge in [0, 0.05) is 42.9 Å². The van der Waals surface area contributed by atoms with Crippen molar-refractivity contribution in [3.63, 3.8) is 0 Å². The zero-order valence-corrected chi connectivity index (χ0v) is 17.9. The maximum Gasteiger partial charge on any atom is 0.288 e. The maximum atomic E-state index is 12.8. The molecule has 1 aliphatic heterocycles. The van der Waals surface area contributed by atoms with Gasteiger partial charge >= 0.3 is 0 Å². The lowest BCUT2D eigenvalue weighted by atomic mass is 9.90. The third-order valence-electron chi connectivity index (χ3n) is 5.22. The number of rotatable bonds is 4. The number of hydrogen-bond acceptors (Lipinski definition) is 6. The maximum absolute atomic E-state index is 12.8. The van der Waals surface area contributed by atoms with Crippen LogP contribution in [0, 0.1) is 13.8 Å². The molecule has 0 spiro atoms. The van der Waals surface area contributed by atoms with Gasteiger partial charge in [-0.05, 0) is 20.3 Å². The molecule has 0 saturated carbocycles. The minimum absolute atomic E-state index is 0.0230. The van der Waals surface area contributed by atoms with Crippen LogP contribution in [0.4, 0.5) is 5.82 Å². The highest BCUT2D eigenvalue weighted by Gasteiger charge is 2.30. The molecule has 0 radical (unpaired) electrons. The van der Waals surface area contributed by atoms with Crippen molar-refractivity contribution in [3.8, 4) is 0 Å². The SMILES string of the molecule is CNC(=O)c1nc(C)c(C)c(N2CC[C@@H](NC(=O)c3nc[nH]c3C(C)(C)C)C2)n1. The van der Waals surface area contributed by atoms with E-state index in [-0.39, 0.29) is 29.1 Å². The second-order valence-corrected chi connectivity index (χ2v) is 8.44. The topological polar surface area (TPSA) is 116 Å². The van der Waals surface area contributed by atoms with Crippen molar-refractivity contribution in [1.82, 2.24) is 30.6 Å². The van der Waals surface area contributed by atoms with E-state index in [9.17, 15) is 9.59 Å². The van der Waals surface area contributed by atoms with Crippen LogP contribution in [0.15, 0.2) is 6.33 Å². The Balaban J connectivity index is 1.74. The smallest absolute Gasteiger partial charge is 0.288 e. The van der Waals surface area contributed by atoms with Crippen molar-refractivity contribution in [3.05, 3.63) is 34.8 Å². The van der Waals surface area contributed by atoms with Crippen LogP contribution in [0.25, 0.3) is 0 Å². The zero-order valence-electron chi connectivity index (χ0n) is 17.9. The molecule has 2 aromatic rings. The summed E-state index contributed by atoms with van der Waals surface area (Å²) < 4.78 is 0. The Hall–Kier alpha value is -2.97. The van der Waals surface area contributed by atoms with Crippen LogP contribution in [0.1, 0.15) is 65.3 Å². The molecule has 1 fully saturated rings. The van der Waals surface area contributed by atoms with Gasteiger partial charge in [0.05, 0.1) is 12.0 Å². The Morgan fingerprint density at radius 2 is 1.93 bits per heavy atom. The van der Waals surface area contributed by atoms with Gasteiger partial charge in [-0.1, -0.05) is 20.8 Å². The first-order chi connectivity index (χ1) is 13.6. The fraction of sp³-hybridized carbons (Fsp3) is 0.550. The lowest BCUT2D eigenvalue weighted by molar-refractivity contribution is 0.0931. The van der Waals surface area contributed by atoms with E-state index in [2.05, 4.69) is 35.5 Å². The molecule has 9 heteroatoms. The second-order valence-electron chi connectivity index (χ2n) is 8.44. The summed E-state index contributed by atoms with van der Waals surface area (Å²) in [6.45, 7) is 11.3. The number of nitrogens with zero attached hydrogens (tertiary/aromatic N) is 4. The predicted molar refractivity (Wildman–Crippen MR) is 110 cm³/mol. The zero-order chi connectivity index (χ0) is 21.3. The van der Waals surface area contributed by atoms with Crippen molar-refractivity contribution in [2.24, 2.45) is 0 Å². The summed E-state index contributed by atoms with van der Waals surface area (Å²) in [4.78, 5) is 42.9. The third kappa shape index (κ3) is 4.23. The van der Waals surface area contributed by atoms with E-state index < -0.39 is 0 Å². The predicted octanol–water partition coefficient (Wildman–Crippen LogP) is 1.48. The summed E-state index contributed by atoms with van der Waals surface area (Å²) in [5.41, 5.74) is 2.77. The minimum atomic E-state index is -0.313. The van der Waals surface area contributed by atoms with Crippen LogP contribution in [0.2, 0.25) is 0 Å². The molecule has 0 bridgehead atoms. The molecule has 2 aromatic heterocycles. The molecule has 156 valence electrons. The Bertz CT molecular complexity index is 929. The summed E-state index contributed by atoms with van der Waals surface area (Å²) in [7, 11) is 1.56. The van der Waals surface area contributed by atoms with E-state index in [1.807, 2.05) is 34.6 Å². The number of carbonyl (C=O) groups excluding carboxylic acids is 2. The molecule has 0 aliphatic carbocycles. The average Bonchev–Trinajstić information content (AvgIpc) is 3.32. The van der Waals surface area contributed by atoms with E-state index in [0.29, 0.717) is 12.2 Å². The van der Waals surface area contributed by atoms with Crippen LogP contribution >= 0.6 is 0 Å². The van der Waals surface area contributed by atoms with Crippen molar-refractivity contribution in [2.75, 3.05) is 25.0 Å². The quantitative estimate of drug-likeness (QED) is 0.717. The van der Waals surface area contributed by atoms with Crippen molar-refractivity contribution in [2.45, 2.75) is 52.5 Å². The van der Waals surface area contributed by atoms with Crippen LogP contribution in [-0.2, 0) is 5.41 Å². The molecule has 3 rings (SSSR count). The highest BCUT2D eigenvalue weighted by molar-refractivity contribution is 5.94. The first-order valence-electron chi connectivity index (χ1n) is 9.78. The summed E-state index contributed by atoms with van der Waals surface area (Å²) in [6.07, 6.45) is 2.35. The van der Waals surface area contributed by atoms with Gasteiger partial charge in [-0.15, -0.1) is 0 Å². The average molecular weight is 399 g/mol. The third-order valence-corrected chi connectivity index (χ3v) is 5.22. The molecule has 3 N–H and O–H groups in total. The van der Waals surface area contributed by atoms with Crippen LogP contribution in [-0.4, -0.2) is 57.9 Å². The molecule has 29 heavy (non-hydrogen) atoms. The van der Waals surface area contributed by atoms with E-state index in [1.54, 1.807) is 13.4 Å². The normalized spacial score (nSPS) is 16.8. The number of H-pyrrole nitrogens is 1. The second kappa shape index (κ2) is 7.81. The van der Waals surface area contributed by atoms with Gasteiger partial charge in [-0.25, -0.2) is 15.0 Å². The molecule has 2 amide bonds. The molecule has 3 heterocycles. The largest absolute Gasteiger partial charge is 0.354 e. The van der Waals surface area contributed by atoms with E-state index >= 15 is 0 Å². The van der Waals surface area contributed by atoms with Crippen LogP contribution in [0.3, 0.4) is 0 Å². The minimum Gasteiger partial charge on any atom is -0.354 e. The molecular formula is C20H29N7O2. The Morgan fingerprint density at radius 1 is 1.21 bits per heavy atom. The number of aromatic nitrogens is 4. The fourth-order valence-electron chi connectivity index (χ4n) is 3.50. The Labute approximate surface area is 170 Å². The van der Waals surface area contributed by atoms with E-state index in [1.165, 1.54) is 0 Å². The van der Waals surface area contributed by atoms with Gasteiger partial charge in [0.1, 0.15) is 11.5 Å². The summed E-state index contributed by atoms with van der Waals surface area (Å²) in [5, 5.41) is 5.65. The lowest BCUT2D eigenvalue weighted by Gasteiger charge is -2.22. The molecule has 1 saturated heterocycles. The summed E-state index contributed by atoms with van der Waals surface area (Å²) in [5.74, 6) is 0.406. The molecule has 0 unspecified atom stereocenters.